The van der Waals surface area contributed by atoms with E-state index in [1.54, 1.807) is 6.92 Å². The summed E-state index contributed by atoms with van der Waals surface area (Å²) in [7, 11) is 1.50. The number of carbonyl (C=O) groups excluding carboxylic acids is 1. The SMILES string of the molecule is CNC(=O)c1c(C)nc(C2CC2)[nH]c1=O. The van der Waals surface area contributed by atoms with Crippen molar-refractivity contribution in [3.63, 3.8) is 0 Å². The molecule has 1 aromatic heterocycles. The summed E-state index contributed by atoms with van der Waals surface area (Å²) in [6.45, 7) is 1.69. The van der Waals surface area contributed by atoms with Gasteiger partial charge in [-0.25, -0.2) is 4.98 Å². The molecule has 80 valence electrons. The minimum absolute atomic E-state index is 0.113. The molecular formula is C10H13N3O2. The summed E-state index contributed by atoms with van der Waals surface area (Å²) in [6, 6.07) is 0. The molecule has 0 spiro atoms. The van der Waals surface area contributed by atoms with Gasteiger partial charge < -0.3 is 10.3 Å². The van der Waals surface area contributed by atoms with Crippen LogP contribution in [0.4, 0.5) is 0 Å². The lowest BCUT2D eigenvalue weighted by Crippen LogP contribution is -2.29. The third-order valence-corrected chi connectivity index (χ3v) is 2.54. The van der Waals surface area contributed by atoms with Gasteiger partial charge in [-0.1, -0.05) is 0 Å². The van der Waals surface area contributed by atoms with Crippen molar-refractivity contribution in [1.29, 1.82) is 0 Å². The minimum atomic E-state index is -0.386. The van der Waals surface area contributed by atoms with E-state index in [-0.39, 0.29) is 17.0 Å². The van der Waals surface area contributed by atoms with Gasteiger partial charge in [-0.05, 0) is 19.8 Å². The molecule has 1 aromatic rings. The minimum Gasteiger partial charge on any atom is -0.355 e. The number of carbonyl (C=O) groups is 1. The van der Waals surface area contributed by atoms with Gasteiger partial charge in [0.1, 0.15) is 11.4 Å². The van der Waals surface area contributed by atoms with Crippen molar-refractivity contribution < 1.29 is 4.79 Å². The van der Waals surface area contributed by atoms with Crippen LogP contribution in [0.25, 0.3) is 0 Å². The molecular weight excluding hydrogens is 194 g/mol. The largest absolute Gasteiger partial charge is 0.355 e. The molecule has 0 radical (unpaired) electrons. The predicted octanol–water partition coefficient (Wildman–Crippen LogP) is 0.315. The van der Waals surface area contributed by atoms with E-state index in [0.717, 1.165) is 12.8 Å². The lowest BCUT2D eigenvalue weighted by Gasteiger charge is -2.04. The fourth-order valence-electron chi connectivity index (χ4n) is 1.55. The molecule has 5 nitrogen and oxygen atoms in total. The third-order valence-electron chi connectivity index (χ3n) is 2.54. The Bertz CT molecular complexity index is 460. The molecule has 0 unspecified atom stereocenters. The topological polar surface area (TPSA) is 74.8 Å². The van der Waals surface area contributed by atoms with Crippen molar-refractivity contribution in [3.05, 3.63) is 27.4 Å². The van der Waals surface area contributed by atoms with Crippen LogP contribution >= 0.6 is 0 Å². The molecule has 1 saturated carbocycles. The highest BCUT2D eigenvalue weighted by Gasteiger charge is 2.27. The Morgan fingerprint density at radius 1 is 1.53 bits per heavy atom. The number of nitrogens with one attached hydrogen (secondary N) is 2. The molecule has 1 heterocycles. The first kappa shape index (κ1) is 9.89. The van der Waals surface area contributed by atoms with Crippen molar-refractivity contribution in [2.75, 3.05) is 7.05 Å². The van der Waals surface area contributed by atoms with Crippen LogP contribution in [-0.4, -0.2) is 22.9 Å². The van der Waals surface area contributed by atoms with E-state index in [1.807, 2.05) is 0 Å². The maximum Gasteiger partial charge on any atom is 0.264 e. The number of hydrogen-bond acceptors (Lipinski definition) is 3. The maximum absolute atomic E-state index is 11.6. The second-order valence-electron chi connectivity index (χ2n) is 3.76. The van der Waals surface area contributed by atoms with Crippen LogP contribution in [0.3, 0.4) is 0 Å². The van der Waals surface area contributed by atoms with Crippen molar-refractivity contribution in [2.24, 2.45) is 0 Å². The lowest BCUT2D eigenvalue weighted by molar-refractivity contribution is 0.0960. The van der Waals surface area contributed by atoms with Gasteiger partial charge in [0.2, 0.25) is 0 Å². The van der Waals surface area contributed by atoms with E-state index < -0.39 is 0 Å². The molecule has 1 aliphatic rings. The second kappa shape index (κ2) is 3.49. The van der Waals surface area contributed by atoms with Gasteiger partial charge in [-0.15, -0.1) is 0 Å². The summed E-state index contributed by atoms with van der Waals surface area (Å²) in [6.07, 6.45) is 2.14. The lowest BCUT2D eigenvalue weighted by atomic mass is 10.2. The first-order valence-electron chi connectivity index (χ1n) is 4.96. The highest BCUT2D eigenvalue weighted by atomic mass is 16.2. The highest BCUT2D eigenvalue weighted by molar-refractivity contribution is 5.94. The Morgan fingerprint density at radius 3 is 2.67 bits per heavy atom. The van der Waals surface area contributed by atoms with Crippen LogP contribution in [0.5, 0.6) is 0 Å². The summed E-state index contributed by atoms with van der Waals surface area (Å²) in [5.74, 6) is 0.712. The van der Waals surface area contributed by atoms with E-state index in [9.17, 15) is 9.59 Å². The Hall–Kier alpha value is -1.65. The fourth-order valence-corrected chi connectivity index (χ4v) is 1.55. The molecule has 1 amide bonds. The van der Waals surface area contributed by atoms with E-state index in [2.05, 4.69) is 15.3 Å². The quantitative estimate of drug-likeness (QED) is 0.733. The molecule has 2 rings (SSSR count). The molecule has 1 aliphatic carbocycles. The number of aryl methyl sites for hydroxylation is 1. The molecule has 0 bridgehead atoms. The van der Waals surface area contributed by atoms with Crippen molar-refractivity contribution in [2.45, 2.75) is 25.7 Å². The van der Waals surface area contributed by atoms with Gasteiger partial charge in [0, 0.05) is 13.0 Å². The normalized spacial score (nSPS) is 15.1. The van der Waals surface area contributed by atoms with Gasteiger partial charge >= 0.3 is 0 Å². The Kier molecular flexibility index (Phi) is 2.30. The van der Waals surface area contributed by atoms with E-state index in [1.165, 1.54) is 7.05 Å². The van der Waals surface area contributed by atoms with Crippen LogP contribution in [0.2, 0.25) is 0 Å². The predicted molar refractivity (Wildman–Crippen MR) is 55.0 cm³/mol. The van der Waals surface area contributed by atoms with E-state index in [0.29, 0.717) is 17.4 Å². The first-order valence-corrected chi connectivity index (χ1v) is 4.96. The molecule has 1 fully saturated rings. The van der Waals surface area contributed by atoms with E-state index >= 15 is 0 Å². The van der Waals surface area contributed by atoms with Crippen LogP contribution < -0.4 is 10.9 Å². The van der Waals surface area contributed by atoms with Gasteiger partial charge in [0.25, 0.3) is 11.5 Å². The summed E-state index contributed by atoms with van der Waals surface area (Å²) < 4.78 is 0. The standard InChI is InChI=1S/C10H13N3O2/c1-5-7(9(14)11-2)10(15)13-8(12-5)6-3-4-6/h6H,3-4H2,1-2H3,(H,11,14)(H,12,13,15). The average Bonchev–Trinajstić information content (AvgIpc) is 2.99. The number of aromatic amines is 1. The Labute approximate surface area is 86.9 Å². The first-order chi connectivity index (χ1) is 7.13. The van der Waals surface area contributed by atoms with E-state index in [4.69, 9.17) is 0 Å². The Morgan fingerprint density at radius 2 is 2.20 bits per heavy atom. The zero-order valence-corrected chi connectivity index (χ0v) is 8.76. The molecule has 0 aliphatic heterocycles. The molecule has 0 atom stereocenters. The maximum atomic E-state index is 11.6. The van der Waals surface area contributed by atoms with Crippen LogP contribution in [0.15, 0.2) is 4.79 Å². The number of amides is 1. The zero-order chi connectivity index (χ0) is 11.0. The van der Waals surface area contributed by atoms with Gasteiger partial charge in [-0.3, -0.25) is 9.59 Å². The third kappa shape index (κ3) is 1.77. The number of rotatable bonds is 2. The van der Waals surface area contributed by atoms with Crippen molar-refractivity contribution in [3.8, 4) is 0 Å². The van der Waals surface area contributed by atoms with Crippen LogP contribution in [0.1, 0.15) is 40.6 Å². The monoisotopic (exact) mass is 207 g/mol. The molecule has 15 heavy (non-hydrogen) atoms. The second-order valence-corrected chi connectivity index (χ2v) is 3.76. The molecule has 0 aromatic carbocycles. The summed E-state index contributed by atoms with van der Waals surface area (Å²) >= 11 is 0. The summed E-state index contributed by atoms with van der Waals surface area (Å²) in [5.41, 5.74) is 0.269. The zero-order valence-electron chi connectivity index (χ0n) is 8.76. The fraction of sp³-hybridized carbons (Fsp3) is 0.500. The molecule has 2 N–H and O–H groups in total. The highest BCUT2D eigenvalue weighted by Crippen LogP contribution is 2.37. The van der Waals surface area contributed by atoms with Gasteiger partial charge in [0.15, 0.2) is 0 Å². The van der Waals surface area contributed by atoms with Crippen molar-refractivity contribution in [1.82, 2.24) is 15.3 Å². The van der Waals surface area contributed by atoms with Gasteiger partial charge in [-0.2, -0.15) is 0 Å². The smallest absolute Gasteiger partial charge is 0.264 e. The number of hydrogen-bond donors (Lipinski definition) is 2. The van der Waals surface area contributed by atoms with Crippen LogP contribution in [0, 0.1) is 6.92 Å². The molecule has 5 heteroatoms. The Balaban J connectivity index is 2.48. The average molecular weight is 207 g/mol. The number of nitrogens with zero attached hydrogens (tertiary/aromatic N) is 1. The van der Waals surface area contributed by atoms with Crippen molar-refractivity contribution >= 4 is 5.91 Å². The molecule has 0 saturated heterocycles. The van der Waals surface area contributed by atoms with Gasteiger partial charge in [0.05, 0.1) is 5.69 Å². The van der Waals surface area contributed by atoms with Crippen LogP contribution in [-0.2, 0) is 0 Å². The summed E-state index contributed by atoms with van der Waals surface area (Å²) in [5, 5.41) is 2.43. The number of aromatic nitrogens is 2. The number of H-pyrrole nitrogens is 1. The summed E-state index contributed by atoms with van der Waals surface area (Å²) in [4.78, 5) is 29.9.